The van der Waals surface area contributed by atoms with Gasteiger partial charge in [0.15, 0.2) is 0 Å². The zero-order valence-corrected chi connectivity index (χ0v) is 7.87. The molecule has 0 bridgehead atoms. The Morgan fingerprint density at radius 2 is 2.29 bits per heavy atom. The first kappa shape index (κ1) is 10.1. The molecular formula is C11H11NO2. The van der Waals surface area contributed by atoms with E-state index in [2.05, 4.69) is 11.8 Å². The lowest BCUT2D eigenvalue weighted by Gasteiger charge is -1.98. The predicted octanol–water partition coefficient (Wildman–Crippen LogP) is 1.40. The molecule has 3 N–H and O–H groups in total. The van der Waals surface area contributed by atoms with Crippen LogP contribution in [0.15, 0.2) is 18.2 Å². The van der Waals surface area contributed by atoms with Gasteiger partial charge in [-0.2, -0.15) is 0 Å². The van der Waals surface area contributed by atoms with Crippen molar-refractivity contribution in [3.63, 3.8) is 0 Å². The number of carboxylic acid groups (broad SMARTS) is 1. The van der Waals surface area contributed by atoms with Gasteiger partial charge in [-0.3, -0.25) is 4.79 Å². The number of carbonyl (C=O) groups is 1. The second kappa shape index (κ2) is 4.33. The van der Waals surface area contributed by atoms with Gasteiger partial charge in [-0.15, -0.1) is 0 Å². The van der Waals surface area contributed by atoms with Crippen LogP contribution in [0.4, 0.5) is 5.69 Å². The van der Waals surface area contributed by atoms with E-state index in [9.17, 15) is 4.79 Å². The summed E-state index contributed by atoms with van der Waals surface area (Å²) in [6, 6.07) is 5.42. The summed E-state index contributed by atoms with van der Waals surface area (Å²) < 4.78 is 0. The van der Waals surface area contributed by atoms with Crippen molar-refractivity contribution in [2.24, 2.45) is 0 Å². The molecule has 0 saturated heterocycles. The van der Waals surface area contributed by atoms with Gasteiger partial charge < -0.3 is 10.8 Å². The Labute approximate surface area is 82.6 Å². The average Bonchev–Trinajstić information content (AvgIpc) is 2.10. The van der Waals surface area contributed by atoms with Gasteiger partial charge in [-0.25, -0.2) is 0 Å². The van der Waals surface area contributed by atoms with Gasteiger partial charge in [0.2, 0.25) is 0 Å². The summed E-state index contributed by atoms with van der Waals surface area (Å²) in [4.78, 5) is 10.2. The second-order valence-corrected chi connectivity index (χ2v) is 2.94. The van der Waals surface area contributed by atoms with E-state index < -0.39 is 5.97 Å². The summed E-state index contributed by atoms with van der Waals surface area (Å²) in [7, 11) is 0. The molecular weight excluding hydrogens is 178 g/mol. The van der Waals surface area contributed by atoms with E-state index in [1.807, 2.05) is 19.1 Å². The average molecular weight is 189 g/mol. The first-order valence-corrected chi connectivity index (χ1v) is 4.16. The van der Waals surface area contributed by atoms with Gasteiger partial charge in [0.1, 0.15) is 6.42 Å². The van der Waals surface area contributed by atoms with Gasteiger partial charge in [0.25, 0.3) is 0 Å². The Morgan fingerprint density at radius 1 is 1.57 bits per heavy atom. The van der Waals surface area contributed by atoms with Crippen molar-refractivity contribution in [3.05, 3.63) is 29.3 Å². The van der Waals surface area contributed by atoms with E-state index >= 15 is 0 Å². The van der Waals surface area contributed by atoms with Crippen molar-refractivity contribution in [1.82, 2.24) is 0 Å². The van der Waals surface area contributed by atoms with Crippen LogP contribution in [-0.4, -0.2) is 11.1 Å². The topological polar surface area (TPSA) is 63.3 Å². The number of aliphatic carboxylic acids is 1. The summed E-state index contributed by atoms with van der Waals surface area (Å²) in [6.07, 6.45) is -0.145. The molecule has 0 saturated carbocycles. The largest absolute Gasteiger partial charge is 0.481 e. The highest BCUT2D eigenvalue weighted by atomic mass is 16.4. The lowest BCUT2D eigenvalue weighted by molar-refractivity contribution is -0.135. The number of nitrogens with two attached hydrogens (primary N) is 1. The van der Waals surface area contributed by atoms with Crippen molar-refractivity contribution < 1.29 is 9.90 Å². The third-order valence-electron chi connectivity index (χ3n) is 1.75. The molecule has 72 valence electrons. The lowest BCUT2D eigenvalue weighted by Crippen LogP contribution is -1.91. The van der Waals surface area contributed by atoms with E-state index in [1.54, 1.807) is 6.07 Å². The second-order valence-electron chi connectivity index (χ2n) is 2.94. The van der Waals surface area contributed by atoms with Crippen LogP contribution in [-0.2, 0) is 4.79 Å². The zero-order valence-electron chi connectivity index (χ0n) is 7.87. The molecule has 0 radical (unpaired) electrons. The van der Waals surface area contributed by atoms with Crippen LogP contribution in [0.25, 0.3) is 0 Å². The first-order chi connectivity index (χ1) is 6.59. The quantitative estimate of drug-likeness (QED) is 0.518. The van der Waals surface area contributed by atoms with Crippen molar-refractivity contribution in [1.29, 1.82) is 0 Å². The minimum Gasteiger partial charge on any atom is -0.481 e. The Morgan fingerprint density at radius 3 is 2.86 bits per heavy atom. The number of hydrogen-bond donors (Lipinski definition) is 2. The van der Waals surface area contributed by atoms with E-state index in [-0.39, 0.29) is 6.42 Å². The minimum absolute atomic E-state index is 0.145. The number of nitrogen functional groups attached to an aromatic ring is 1. The maximum atomic E-state index is 10.2. The van der Waals surface area contributed by atoms with Crippen molar-refractivity contribution in [3.8, 4) is 11.8 Å². The molecule has 0 spiro atoms. The molecule has 0 aromatic heterocycles. The molecule has 0 aliphatic heterocycles. The highest BCUT2D eigenvalue weighted by Gasteiger charge is 1.93. The monoisotopic (exact) mass is 189 g/mol. The fourth-order valence-electron chi connectivity index (χ4n) is 0.940. The minimum atomic E-state index is -0.919. The number of hydrogen-bond acceptors (Lipinski definition) is 2. The Hall–Kier alpha value is -1.95. The summed E-state index contributed by atoms with van der Waals surface area (Å²) in [6.45, 7) is 1.91. The summed E-state index contributed by atoms with van der Waals surface area (Å²) in [5.74, 6) is 4.36. The molecule has 1 aromatic rings. The smallest absolute Gasteiger partial charge is 0.315 e. The maximum absolute atomic E-state index is 10.2. The molecule has 0 amide bonds. The van der Waals surface area contributed by atoms with Gasteiger partial charge in [0, 0.05) is 11.3 Å². The van der Waals surface area contributed by atoms with E-state index in [0.717, 1.165) is 11.1 Å². The van der Waals surface area contributed by atoms with Crippen LogP contribution >= 0.6 is 0 Å². The number of anilines is 1. The fraction of sp³-hybridized carbons (Fsp3) is 0.182. The highest BCUT2D eigenvalue weighted by molar-refractivity contribution is 5.70. The molecule has 0 fully saturated rings. The number of rotatable bonds is 1. The van der Waals surface area contributed by atoms with Crippen molar-refractivity contribution in [2.75, 3.05) is 5.73 Å². The van der Waals surface area contributed by atoms with Crippen molar-refractivity contribution >= 4 is 11.7 Å². The first-order valence-electron chi connectivity index (χ1n) is 4.16. The molecule has 3 heteroatoms. The molecule has 0 aliphatic rings. The maximum Gasteiger partial charge on any atom is 0.315 e. The molecule has 0 unspecified atom stereocenters. The number of aryl methyl sites for hydroxylation is 1. The third-order valence-corrected chi connectivity index (χ3v) is 1.75. The summed E-state index contributed by atoms with van der Waals surface area (Å²) in [5.41, 5.74) is 8.08. The van der Waals surface area contributed by atoms with Gasteiger partial charge in [-0.1, -0.05) is 17.9 Å². The van der Waals surface area contributed by atoms with Crippen LogP contribution in [0.5, 0.6) is 0 Å². The normalized spacial score (nSPS) is 8.93. The van der Waals surface area contributed by atoms with Crippen LogP contribution in [0.2, 0.25) is 0 Å². The van der Waals surface area contributed by atoms with Gasteiger partial charge in [0.05, 0.1) is 0 Å². The molecule has 14 heavy (non-hydrogen) atoms. The molecule has 1 rings (SSSR count). The molecule has 1 aromatic carbocycles. The standard InChI is InChI=1S/C11H11NO2/c1-8-5-6-9(7-10(8)12)3-2-4-11(13)14/h5-7H,4,12H2,1H3,(H,13,14). The van der Waals surface area contributed by atoms with E-state index in [1.165, 1.54) is 0 Å². The number of carboxylic acids is 1. The van der Waals surface area contributed by atoms with E-state index in [4.69, 9.17) is 10.8 Å². The SMILES string of the molecule is Cc1ccc(C#CCC(=O)O)cc1N. The fourth-order valence-corrected chi connectivity index (χ4v) is 0.940. The predicted molar refractivity (Wildman–Crippen MR) is 54.7 cm³/mol. The van der Waals surface area contributed by atoms with Crippen LogP contribution in [0.3, 0.4) is 0 Å². The highest BCUT2D eigenvalue weighted by Crippen LogP contribution is 2.11. The molecule has 0 atom stereocenters. The molecule has 0 heterocycles. The zero-order chi connectivity index (χ0) is 10.6. The van der Waals surface area contributed by atoms with Crippen LogP contribution in [0, 0.1) is 18.8 Å². The van der Waals surface area contributed by atoms with Crippen molar-refractivity contribution in [2.45, 2.75) is 13.3 Å². The Balaban J connectivity index is 2.81. The molecule has 3 nitrogen and oxygen atoms in total. The van der Waals surface area contributed by atoms with Gasteiger partial charge >= 0.3 is 5.97 Å². The molecule has 0 aliphatic carbocycles. The van der Waals surface area contributed by atoms with Crippen LogP contribution < -0.4 is 5.73 Å². The summed E-state index contributed by atoms with van der Waals surface area (Å²) in [5, 5.41) is 8.36. The Bertz CT molecular complexity index is 413. The lowest BCUT2D eigenvalue weighted by atomic mass is 10.1. The third kappa shape index (κ3) is 2.83. The van der Waals surface area contributed by atoms with Crippen LogP contribution in [0.1, 0.15) is 17.5 Å². The summed E-state index contributed by atoms with van der Waals surface area (Å²) >= 11 is 0. The van der Waals surface area contributed by atoms with E-state index in [0.29, 0.717) is 5.69 Å². The van der Waals surface area contributed by atoms with Gasteiger partial charge in [-0.05, 0) is 24.6 Å². The number of benzene rings is 1. The Kier molecular flexibility index (Phi) is 3.14.